The molecule has 0 bridgehead atoms. The van der Waals surface area contributed by atoms with Gasteiger partial charge in [-0.2, -0.15) is 0 Å². The van der Waals surface area contributed by atoms with Gasteiger partial charge in [0.25, 0.3) is 5.79 Å². The SMILES string of the molecule is CC(C)(C)CC(C)(C)C(=O)OC1(OC(=O)C(C)(C)CC(C)(C)C)CCCCC1. The number of carbonyl (C=O) groups excluding carboxylic acids is 2. The van der Waals surface area contributed by atoms with E-state index in [2.05, 4.69) is 41.5 Å². The van der Waals surface area contributed by atoms with E-state index in [1.807, 2.05) is 27.7 Å². The second-order valence-corrected chi connectivity index (χ2v) is 12.5. The van der Waals surface area contributed by atoms with Crippen molar-refractivity contribution in [3.05, 3.63) is 0 Å². The number of carbonyl (C=O) groups is 2. The monoisotopic (exact) mass is 396 g/mol. The van der Waals surface area contributed by atoms with Crippen LogP contribution in [0.5, 0.6) is 0 Å². The molecule has 28 heavy (non-hydrogen) atoms. The van der Waals surface area contributed by atoms with Gasteiger partial charge in [-0.3, -0.25) is 9.59 Å². The van der Waals surface area contributed by atoms with Gasteiger partial charge in [0.05, 0.1) is 10.8 Å². The Hall–Kier alpha value is -1.06. The molecule has 1 saturated carbocycles. The predicted molar refractivity (Wildman–Crippen MR) is 114 cm³/mol. The molecule has 0 aromatic carbocycles. The summed E-state index contributed by atoms with van der Waals surface area (Å²) in [6, 6.07) is 0. The average Bonchev–Trinajstić information content (AvgIpc) is 2.42. The minimum absolute atomic E-state index is 0.00756. The zero-order valence-corrected chi connectivity index (χ0v) is 20.1. The van der Waals surface area contributed by atoms with Crippen molar-refractivity contribution in [1.29, 1.82) is 0 Å². The topological polar surface area (TPSA) is 52.6 Å². The fourth-order valence-corrected chi connectivity index (χ4v) is 4.73. The van der Waals surface area contributed by atoms with Gasteiger partial charge in [-0.05, 0) is 64.2 Å². The third-order valence-electron chi connectivity index (χ3n) is 5.22. The lowest BCUT2D eigenvalue weighted by molar-refractivity contribution is -0.250. The molecule has 0 N–H and O–H groups in total. The maximum absolute atomic E-state index is 13.1. The van der Waals surface area contributed by atoms with Gasteiger partial charge in [-0.1, -0.05) is 48.0 Å². The normalized spacial score (nSPS) is 18.5. The summed E-state index contributed by atoms with van der Waals surface area (Å²) in [6.45, 7) is 20.4. The van der Waals surface area contributed by atoms with E-state index in [0.717, 1.165) is 19.3 Å². The van der Waals surface area contributed by atoms with E-state index in [1.165, 1.54) is 0 Å². The number of esters is 2. The van der Waals surface area contributed by atoms with Gasteiger partial charge in [-0.25, -0.2) is 0 Å². The third kappa shape index (κ3) is 7.75. The summed E-state index contributed by atoms with van der Waals surface area (Å²) in [4.78, 5) is 26.1. The summed E-state index contributed by atoms with van der Waals surface area (Å²) in [6.07, 6.45) is 5.47. The van der Waals surface area contributed by atoms with Crippen LogP contribution in [0.1, 0.15) is 114 Å². The summed E-state index contributed by atoms with van der Waals surface area (Å²) >= 11 is 0. The van der Waals surface area contributed by atoms with Crippen molar-refractivity contribution in [2.75, 3.05) is 0 Å². The molecule has 0 heterocycles. The molecule has 0 aromatic heterocycles. The molecule has 1 rings (SSSR count). The highest BCUT2D eigenvalue weighted by molar-refractivity contribution is 5.78. The molecule has 0 unspecified atom stereocenters. The minimum Gasteiger partial charge on any atom is -0.422 e. The van der Waals surface area contributed by atoms with E-state index in [4.69, 9.17) is 9.47 Å². The second-order valence-electron chi connectivity index (χ2n) is 12.5. The molecule has 0 radical (unpaired) electrons. The average molecular weight is 397 g/mol. The second kappa shape index (κ2) is 8.36. The molecule has 4 nitrogen and oxygen atoms in total. The Morgan fingerprint density at radius 1 is 0.643 bits per heavy atom. The quantitative estimate of drug-likeness (QED) is 0.372. The van der Waals surface area contributed by atoms with E-state index >= 15 is 0 Å². The minimum atomic E-state index is -1.11. The molecule has 1 fully saturated rings. The van der Waals surface area contributed by atoms with Crippen LogP contribution in [0.3, 0.4) is 0 Å². The summed E-state index contributed by atoms with van der Waals surface area (Å²) < 4.78 is 12.0. The van der Waals surface area contributed by atoms with Gasteiger partial charge in [0.2, 0.25) is 0 Å². The maximum Gasteiger partial charge on any atom is 0.314 e. The first-order chi connectivity index (χ1) is 12.4. The van der Waals surface area contributed by atoms with Crippen LogP contribution in [0, 0.1) is 21.7 Å². The van der Waals surface area contributed by atoms with Gasteiger partial charge in [-0.15, -0.1) is 0 Å². The Morgan fingerprint density at radius 3 is 1.25 bits per heavy atom. The third-order valence-corrected chi connectivity index (χ3v) is 5.22. The Bertz CT molecular complexity index is 508. The lowest BCUT2D eigenvalue weighted by atomic mass is 9.76. The van der Waals surface area contributed by atoms with Crippen molar-refractivity contribution in [2.45, 2.75) is 120 Å². The van der Waals surface area contributed by atoms with Crippen molar-refractivity contribution in [2.24, 2.45) is 21.7 Å². The van der Waals surface area contributed by atoms with Gasteiger partial charge in [0, 0.05) is 12.8 Å². The number of hydrogen-bond acceptors (Lipinski definition) is 4. The molecular formula is C24H44O4. The molecule has 0 aromatic rings. The molecule has 164 valence electrons. The Morgan fingerprint density at radius 2 is 0.964 bits per heavy atom. The van der Waals surface area contributed by atoms with E-state index in [9.17, 15) is 9.59 Å². The van der Waals surface area contributed by atoms with Crippen molar-refractivity contribution in [1.82, 2.24) is 0 Å². The molecule has 0 atom stereocenters. The highest BCUT2D eigenvalue weighted by Crippen LogP contribution is 2.41. The van der Waals surface area contributed by atoms with Gasteiger partial charge in [0.15, 0.2) is 0 Å². The van der Waals surface area contributed by atoms with Crippen molar-refractivity contribution in [3.63, 3.8) is 0 Å². The molecule has 0 amide bonds. The van der Waals surface area contributed by atoms with Gasteiger partial charge in [0.1, 0.15) is 0 Å². The van der Waals surface area contributed by atoms with Crippen LogP contribution in [-0.4, -0.2) is 17.7 Å². The standard InChI is InChI=1S/C24H44O4/c1-20(2,3)16-22(7,8)18(25)27-24(14-12-11-13-15-24)28-19(26)23(9,10)17-21(4,5)6/h11-17H2,1-10H3. The molecule has 0 aliphatic heterocycles. The number of rotatable bonds is 6. The van der Waals surface area contributed by atoms with Crippen LogP contribution in [0.2, 0.25) is 0 Å². The fourth-order valence-electron chi connectivity index (χ4n) is 4.73. The summed E-state index contributed by atoms with van der Waals surface area (Å²) in [5.74, 6) is -1.66. The van der Waals surface area contributed by atoms with Gasteiger partial charge < -0.3 is 9.47 Å². The lowest BCUT2D eigenvalue weighted by Gasteiger charge is -2.41. The first-order valence-electron chi connectivity index (χ1n) is 10.8. The Balaban J connectivity index is 3.00. The first kappa shape index (κ1) is 25.0. The van der Waals surface area contributed by atoms with E-state index in [1.54, 1.807) is 0 Å². The molecule has 4 heteroatoms. The van der Waals surface area contributed by atoms with Crippen molar-refractivity contribution < 1.29 is 19.1 Å². The van der Waals surface area contributed by atoms with Crippen molar-refractivity contribution >= 4 is 11.9 Å². The fraction of sp³-hybridized carbons (Fsp3) is 0.917. The largest absolute Gasteiger partial charge is 0.422 e. The molecular weight excluding hydrogens is 352 g/mol. The van der Waals surface area contributed by atoms with Crippen molar-refractivity contribution in [3.8, 4) is 0 Å². The van der Waals surface area contributed by atoms with E-state index < -0.39 is 16.6 Å². The van der Waals surface area contributed by atoms with Crippen LogP contribution in [0.4, 0.5) is 0 Å². The number of hydrogen-bond donors (Lipinski definition) is 0. The molecule has 0 spiro atoms. The Labute approximate surface area is 173 Å². The zero-order valence-electron chi connectivity index (χ0n) is 20.1. The Kier molecular flexibility index (Phi) is 7.45. The van der Waals surface area contributed by atoms with Crippen LogP contribution in [0.15, 0.2) is 0 Å². The highest BCUT2D eigenvalue weighted by atomic mass is 16.7. The highest BCUT2D eigenvalue weighted by Gasteiger charge is 2.47. The van der Waals surface area contributed by atoms with Crippen LogP contribution in [-0.2, 0) is 19.1 Å². The summed E-state index contributed by atoms with van der Waals surface area (Å²) in [5.41, 5.74) is -1.24. The molecule has 1 aliphatic rings. The van der Waals surface area contributed by atoms with Crippen LogP contribution >= 0.6 is 0 Å². The van der Waals surface area contributed by atoms with E-state index in [0.29, 0.717) is 25.7 Å². The summed E-state index contributed by atoms with van der Waals surface area (Å²) in [5, 5.41) is 0. The smallest absolute Gasteiger partial charge is 0.314 e. The lowest BCUT2D eigenvalue weighted by Crippen LogP contribution is -2.47. The maximum atomic E-state index is 13.1. The van der Waals surface area contributed by atoms with E-state index in [-0.39, 0.29) is 22.8 Å². The first-order valence-corrected chi connectivity index (χ1v) is 10.8. The summed E-state index contributed by atoms with van der Waals surface area (Å²) in [7, 11) is 0. The zero-order chi connectivity index (χ0) is 22.0. The number of ether oxygens (including phenoxy) is 2. The van der Waals surface area contributed by atoms with Crippen LogP contribution in [0.25, 0.3) is 0 Å². The molecule has 0 saturated heterocycles. The van der Waals surface area contributed by atoms with Crippen LogP contribution < -0.4 is 0 Å². The van der Waals surface area contributed by atoms with Gasteiger partial charge >= 0.3 is 11.9 Å². The predicted octanol–water partition coefficient (Wildman–Crippen LogP) is 6.66. The molecule has 1 aliphatic carbocycles.